The predicted molar refractivity (Wildman–Crippen MR) is 49.9 cm³/mol. The predicted octanol–water partition coefficient (Wildman–Crippen LogP) is 1.53. The molecule has 0 aliphatic rings. The summed E-state index contributed by atoms with van der Waals surface area (Å²) >= 11 is 0. The molecular weight excluding hydrogens is 204 g/mol. The summed E-state index contributed by atoms with van der Waals surface area (Å²) in [6, 6.07) is 2.39. The van der Waals surface area contributed by atoms with Crippen molar-refractivity contribution in [3.05, 3.63) is 35.4 Å². The van der Waals surface area contributed by atoms with Crippen molar-refractivity contribution in [2.24, 2.45) is 5.73 Å². The van der Waals surface area contributed by atoms with E-state index in [1.807, 2.05) is 0 Å². The Bertz CT molecular complexity index is 348. The first-order chi connectivity index (χ1) is 7.06. The quantitative estimate of drug-likeness (QED) is 0.778. The molecule has 1 atom stereocenters. The van der Waals surface area contributed by atoms with Gasteiger partial charge in [-0.25, -0.2) is 8.78 Å². The van der Waals surface area contributed by atoms with Gasteiger partial charge in [-0.1, -0.05) is 6.07 Å². The number of rotatable bonds is 3. The third-order valence-corrected chi connectivity index (χ3v) is 1.98. The molecule has 15 heavy (non-hydrogen) atoms. The zero-order valence-electron chi connectivity index (χ0n) is 8.17. The van der Waals surface area contributed by atoms with Crippen molar-refractivity contribution in [1.29, 1.82) is 0 Å². The van der Waals surface area contributed by atoms with Crippen molar-refractivity contribution in [2.75, 3.05) is 7.11 Å². The summed E-state index contributed by atoms with van der Waals surface area (Å²) in [7, 11) is 1.19. The molecule has 5 heteroatoms. The van der Waals surface area contributed by atoms with Gasteiger partial charge >= 0.3 is 5.97 Å². The number of methoxy groups -OCH3 is 1. The fraction of sp³-hybridized carbons (Fsp3) is 0.300. The van der Waals surface area contributed by atoms with E-state index in [2.05, 4.69) is 4.74 Å². The molecular formula is C10H11F2NO2. The molecule has 0 bridgehead atoms. The Kier molecular flexibility index (Phi) is 3.74. The molecule has 1 rings (SSSR count). The van der Waals surface area contributed by atoms with Crippen LogP contribution in [-0.2, 0) is 9.53 Å². The van der Waals surface area contributed by atoms with Gasteiger partial charge in [-0.3, -0.25) is 4.79 Å². The number of nitrogens with two attached hydrogens (primary N) is 1. The molecule has 0 aromatic heterocycles. The van der Waals surface area contributed by atoms with Crippen LogP contribution in [0.5, 0.6) is 0 Å². The summed E-state index contributed by atoms with van der Waals surface area (Å²) in [5, 5.41) is 0. The smallest absolute Gasteiger partial charge is 0.307 e. The highest BCUT2D eigenvalue weighted by Crippen LogP contribution is 2.21. The van der Waals surface area contributed by atoms with E-state index in [1.165, 1.54) is 13.2 Å². The lowest BCUT2D eigenvalue weighted by molar-refractivity contribution is -0.141. The van der Waals surface area contributed by atoms with Gasteiger partial charge in [0.2, 0.25) is 0 Å². The number of halogens is 2. The highest BCUT2D eigenvalue weighted by Gasteiger charge is 2.19. The van der Waals surface area contributed by atoms with E-state index in [1.54, 1.807) is 0 Å². The minimum Gasteiger partial charge on any atom is -0.469 e. The molecule has 0 fully saturated rings. The lowest BCUT2D eigenvalue weighted by atomic mass is 10.0. The first-order valence-corrected chi connectivity index (χ1v) is 4.32. The summed E-state index contributed by atoms with van der Waals surface area (Å²) in [6.07, 6.45) is -0.256. The van der Waals surface area contributed by atoms with Crippen LogP contribution in [0.3, 0.4) is 0 Å². The Morgan fingerprint density at radius 2 is 2.00 bits per heavy atom. The first-order valence-electron chi connectivity index (χ1n) is 4.32. The molecule has 0 amide bonds. The van der Waals surface area contributed by atoms with Gasteiger partial charge in [-0.15, -0.1) is 0 Å². The summed E-state index contributed by atoms with van der Waals surface area (Å²) in [5.41, 5.74) is 5.20. The maximum absolute atomic E-state index is 13.2. The van der Waals surface area contributed by atoms with E-state index in [0.717, 1.165) is 12.1 Å². The number of hydrogen-bond donors (Lipinski definition) is 1. The Labute approximate surface area is 85.8 Å². The molecule has 0 spiro atoms. The van der Waals surface area contributed by atoms with Crippen molar-refractivity contribution in [1.82, 2.24) is 0 Å². The van der Waals surface area contributed by atoms with Crippen LogP contribution in [0.1, 0.15) is 18.0 Å². The van der Waals surface area contributed by atoms with Crippen LogP contribution in [0, 0.1) is 11.6 Å². The van der Waals surface area contributed by atoms with Gasteiger partial charge in [0.1, 0.15) is 11.6 Å². The largest absolute Gasteiger partial charge is 0.469 e. The monoisotopic (exact) mass is 215 g/mol. The maximum atomic E-state index is 13.2. The van der Waals surface area contributed by atoms with Gasteiger partial charge < -0.3 is 10.5 Å². The average Bonchev–Trinajstić information content (AvgIpc) is 2.17. The van der Waals surface area contributed by atoms with E-state index in [-0.39, 0.29) is 12.0 Å². The number of hydrogen-bond acceptors (Lipinski definition) is 3. The zero-order chi connectivity index (χ0) is 11.4. The molecule has 0 saturated carbocycles. The fourth-order valence-corrected chi connectivity index (χ4v) is 1.23. The van der Waals surface area contributed by atoms with E-state index >= 15 is 0 Å². The minimum absolute atomic E-state index is 0.256. The Hall–Kier alpha value is -1.49. The molecule has 0 unspecified atom stereocenters. The molecule has 0 aliphatic carbocycles. The molecule has 2 N–H and O–H groups in total. The second-order valence-corrected chi connectivity index (χ2v) is 3.02. The number of esters is 1. The average molecular weight is 215 g/mol. The summed E-state index contributed by atoms with van der Waals surface area (Å²) in [6.45, 7) is 0. The SMILES string of the molecule is COC(=O)C[C@@H](N)c1c(F)cccc1F. The van der Waals surface area contributed by atoms with Gasteiger partial charge in [0.25, 0.3) is 0 Å². The topological polar surface area (TPSA) is 52.3 Å². The Morgan fingerprint density at radius 3 is 2.47 bits per heavy atom. The fourth-order valence-electron chi connectivity index (χ4n) is 1.23. The van der Waals surface area contributed by atoms with E-state index in [0.29, 0.717) is 0 Å². The summed E-state index contributed by atoms with van der Waals surface area (Å²) < 4.78 is 30.7. The Balaban J connectivity index is 2.90. The molecule has 0 aliphatic heterocycles. The molecule has 1 aromatic rings. The van der Waals surface area contributed by atoms with Crippen LogP contribution in [0.2, 0.25) is 0 Å². The van der Waals surface area contributed by atoms with Crippen LogP contribution in [0.4, 0.5) is 8.78 Å². The van der Waals surface area contributed by atoms with Gasteiger partial charge in [-0.05, 0) is 12.1 Å². The minimum atomic E-state index is -1.03. The van der Waals surface area contributed by atoms with Crippen molar-refractivity contribution in [3.63, 3.8) is 0 Å². The van der Waals surface area contributed by atoms with Gasteiger partial charge in [0.15, 0.2) is 0 Å². The van der Waals surface area contributed by atoms with Gasteiger partial charge in [0, 0.05) is 11.6 Å². The van der Waals surface area contributed by atoms with Crippen molar-refractivity contribution >= 4 is 5.97 Å². The van der Waals surface area contributed by atoms with E-state index < -0.39 is 23.6 Å². The number of ether oxygens (including phenoxy) is 1. The van der Waals surface area contributed by atoms with Crippen LogP contribution in [-0.4, -0.2) is 13.1 Å². The van der Waals surface area contributed by atoms with Crippen LogP contribution >= 0.6 is 0 Å². The van der Waals surface area contributed by atoms with Gasteiger partial charge in [0.05, 0.1) is 13.5 Å². The molecule has 0 saturated heterocycles. The first kappa shape index (κ1) is 11.6. The highest BCUT2D eigenvalue weighted by molar-refractivity contribution is 5.70. The maximum Gasteiger partial charge on any atom is 0.307 e. The molecule has 82 valence electrons. The van der Waals surface area contributed by atoms with Crippen LogP contribution in [0.15, 0.2) is 18.2 Å². The molecule has 0 heterocycles. The van der Waals surface area contributed by atoms with Crippen molar-refractivity contribution in [3.8, 4) is 0 Å². The van der Waals surface area contributed by atoms with Crippen molar-refractivity contribution in [2.45, 2.75) is 12.5 Å². The lowest BCUT2D eigenvalue weighted by Crippen LogP contribution is -2.19. The third kappa shape index (κ3) is 2.73. The number of carbonyl (C=O) groups is 1. The standard InChI is InChI=1S/C10H11F2NO2/c1-15-9(14)5-8(13)10-6(11)3-2-4-7(10)12/h2-4,8H,5,13H2,1H3/t8-/m1/s1. The van der Waals surface area contributed by atoms with E-state index in [9.17, 15) is 13.6 Å². The number of benzene rings is 1. The lowest BCUT2D eigenvalue weighted by Gasteiger charge is -2.12. The van der Waals surface area contributed by atoms with Crippen LogP contribution in [0.25, 0.3) is 0 Å². The molecule has 3 nitrogen and oxygen atoms in total. The summed E-state index contributed by atoms with van der Waals surface area (Å²) in [5.74, 6) is -2.12. The molecule has 1 aromatic carbocycles. The van der Waals surface area contributed by atoms with Gasteiger partial charge in [-0.2, -0.15) is 0 Å². The highest BCUT2D eigenvalue weighted by atomic mass is 19.1. The Morgan fingerprint density at radius 1 is 1.47 bits per heavy atom. The second-order valence-electron chi connectivity index (χ2n) is 3.02. The summed E-state index contributed by atoms with van der Waals surface area (Å²) in [4.78, 5) is 10.9. The van der Waals surface area contributed by atoms with E-state index in [4.69, 9.17) is 5.73 Å². The van der Waals surface area contributed by atoms with Crippen molar-refractivity contribution < 1.29 is 18.3 Å². The number of carbonyl (C=O) groups excluding carboxylic acids is 1. The zero-order valence-corrected chi connectivity index (χ0v) is 8.17. The second kappa shape index (κ2) is 4.84. The normalized spacial score (nSPS) is 12.3. The molecule has 0 radical (unpaired) electrons. The van der Waals surface area contributed by atoms with Crippen LogP contribution < -0.4 is 5.73 Å². The third-order valence-electron chi connectivity index (χ3n) is 1.98.